The highest BCUT2D eigenvalue weighted by molar-refractivity contribution is 7.89. The number of nitrogens with one attached hydrogen (secondary N) is 2. The van der Waals surface area contributed by atoms with Crippen LogP contribution in [-0.2, 0) is 22.0 Å². The largest absolute Gasteiger partial charge is 0.355 e. The molecule has 2 rings (SSSR count). The number of hydrogen-bond acceptors (Lipinski definition) is 3. The molecular weight excluding hydrogens is 336 g/mol. The van der Waals surface area contributed by atoms with E-state index in [4.69, 9.17) is 0 Å². The van der Waals surface area contributed by atoms with Gasteiger partial charge in [0.2, 0.25) is 10.0 Å². The Morgan fingerprint density at radius 1 is 0.960 bits per heavy atom. The van der Waals surface area contributed by atoms with E-state index in [0.717, 1.165) is 11.1 Å². The number of carbonyl (C=O) groups excluding carboxylic acids is 1. The average Bonchev–Trinajstić information content (AvgIpc) is 2.59. The molecule has 25 heavy (non-hydrogen) atoms. The fourth-order valence-electron chi connectivity index (χ4n) is 2.31. The molecule has 0 radical (unpaired) electrons. The SMILES string of the molecule is CNC(=O)c1ccc(CNS(=O)(=O)c2ccc(C(C)(C)C)cc2)cc1. The average molecular weight is 360 g/mol. The van der Waals surface area contributed by atoms with Crippen molar-refractivity contribution in [3.05, 3.63) is 65.2 Å². The molecule has 2 aromatic carbocycles. The molecule has 0 aliphatic rings. The maximum atomic E-state index is 12.4. The van der Waals surface area contributed by atoms with E-state index in [2.05, 4.69) is 30.8 Å². The van der Waals surface area contributed by atoms with Crippen molar-refractivity contribution in [2.24, 2.45) is 0 Å². The van der Waals surface area contributed by atoms with Gasteiger partial charge in [0.25, 0.3) is 5.91 Å². The Hall–Kier alpha value is -2.18. The quantitative estimate of drug-likeness (QED) is 0.861. The van der Waals surface area contributed by atoms with E-state index in [1.165, 1.54) is 0 Å². The highest BCUT2D eigenvalue weighted by atomic mass is 32.2. The minimum absolute atomic E-state index is 0.0255. The van der Waals surface area contributed by atoms with Crippen molar-refractivity contribution in [2.45, 2.75) is 37.6 Å². The van der Waals surface area contributed by atoms with Crippen molar-refractivity contribution in [1.29, 1.82) is 0 Å². The lowest BCUT2D eigenvalue weighted by Crippen LogP contribution is -2.23. The summed E-state index contributed by atoms with van der Waals surface area (Å²) in [7, 11) is -2.02. The number of rotatable bonds is 5. The van der Waals surface area contributed by atoms with Crippen molar-refractivity contribution in [3.63, 3.8) is 0 Å². The summed E-state index contributed by atoms with van der Waals surface area (Å²) < 4.78 is 27.4. The smallest absolute Gasteiger partial charge is 0.251 e. The first-order valence-electron chi connectivity index (χ1n) is 8.05. The van der Waals surface area contributed by atoms with Gasteiger partial charge in [0, 0.05) is 19.2 Å². The summed E-state index contributed by atoms with van der Waals surface area (Å²) in [5.74, 6) is -0.175. The second kappa shape index (κ2) is 7.37. The molecule has 2 N–H and O–H groups in total. The predicted molar refractivity (Wildman–Crippen MR) is 99.0 cm³/mol. The zero-order chi connectivity index (χ0) is 18.7. The van der Waals surface area contributed by atoms with E-state index >= 15 is 0 Å². The molecule has 2 aromatic rings. The van der Waals surface area contributed by atoms with Gasteiger partial charge in [-0.2, -0.15) is 0 Å². The summed E-state index contributed by atoms with van der Waals surface area (Å²) in [6, 6.07) is 13.7. The van der Waals surface area contributed by atoms with Crippen molar-refractivity contribution >= 4 is 15.9 Å². The molecule has 134 valence electrons. The molecule has 0 unspecified atom stereocenters. The van der Waals surface area contributed by atoms with Crippen LogP contribution in [0.5, 0.6) is 0 Å². The van der Waals surface area contributed by atoms with Gasteiger partial charge in [-0.05, 0) is 40.8 Å². The molecule has 0 aliphatic heterocycles. The lowest BCUT2D eigenvalue weighted by molar-refractivity contribution is 0.0963. The van der Waals surface area contributed by atoms with E-state index in [9.17, 15) is 13.2 Å². The van der Waals surface area contributed by atoms with Crippen LogP contribution >= 0.6 is 0 Å². The third kappa shape index (κ3) is 4.90. The second-order valence-electron chi connectivity index (χ2n) is 6.87. The van der Waals surface area contributed by atoms with Gasteiger partial charge in [0.15, 0.2) is 0 Å². The topological polar surface area (TPSA) is 75.3 Å². The summed E-state index contributed by atoms with van der Waals surface area (Å²) in [6.07, 6.45) is 0. The molecule has 0 atom stereocenters. The molecular formula is C19H24N2O3S. The van der Waals surface area contributed by atoms with Gasteiger partial charge in [0.1, 0.15) is 0 Å². The van der Waals surface area contributed by atoms with Crippen LogP contribution in [0.25, 0.3) is 0 Å². The lowest BCUT2D eigenvalue weighted by Gasteiger charge is -2.19. The van der Waals surface area contributed by atoms with E-state index in [1.807, 2.05) is 12.1 Å². The molecule has 0 aromatic heterocycles. The monoisotopic (exact) mass is 360 g/mol. The van der Waals surface area contributed by atoms with Crippen molar-refractivity contribution < 1.29 is 13.2 Å². The molecule has 0 saturated heterocycles. The fourth-order valence-corrected chi connectivity index (χ4v) is 3.33. The van der Waals surface area contributed by atoms with Crippen LogP contribution in [0.15, 0.2) is 53.4 Å². The van der Waals surface area contributed by atoms with Crippen LogP contribution in [0.3, 0.4) is 0 Å². The minimum Gasteiger partial charge on any atom is -0.355 e. The van der Waals surface area contributed by atoms with Gasteiger partial charge in [0.05, 0.1) is 4.90 Å². The van der Waals surface area contributed by atoms with Gasteiger partial charge in [-0.3, -0.25) is 4.79 Å². The van der Waals surface area contributed by atoms with E-state index in [1.54, 1.807) is 43.4 Å². The third-order valence-corrected chi connectivity index (χ3v) is 5.36. The number of carbonyl (C=O) groups is 1. The van der Waals surface area contributed by atoms with Crippen molar-refractivity contribution in [3.8, 4) is 0 Å². The standard InChI is InChI=1S/C19H24N2O3S/c1-19(2,3)16-9-11-17(12-10-16)25(23,24)21-13-14-5-7-15(8-6-14)18(22)20-4/h5-12,21H,13H2,1-4H3,(H,20,22). The number of hydrogen-bond donors (Lipinski definition) is 2. The van der Waals surface area contributed by atoms with E-state index in [0.29, 0.717) is 5.56 Å². The van der Waals surface area contributed by atoms with Crippen LogP contribution in [0.4, 0.5) is 0 Å². The van der Waals surface area contributed by atoms with E-state index < -0.39 is 10.0 Å². The van der Waals surface area contributed by atoms with Crippen molar-refractivity contribution in [2.75, 3.05) is 7.05 Å². The number of amides is 1. The Balaban J connectivity index is 2.07. The van der Waals surface area contributed by atoms with Crippen LogP contribution in [0.2, 0.25) is 0 Å². The van der Waals surface area contributed by atoms with Gasteiger partial charge >= 0.3 is 0 Å². The second-order valence-corrected chi connectivity index (χ2v) is 8.64. The molecule has 0 aliphatic carbocycles. The van der Waals surface area contributed by atoms with Gasteiger partial charge in [-0.15, -0.1) is 0 Å². The Morgan fingerprint density at radius 3 is 2.00 bits per heavy atom. The lowest BCUT2D eigenvalue weighted by atomic mass is 9.87. The summed E-state index contributed by atoms with van der Waals surface area (Å²) in [5.41, 5.74) is 2.37. The Labute approximate surface area is 149 Å². The summed E-state index contributed by atoms with van der Waals surface area (Å²) in [5, 5.41) is 2.54. The predicted octanol–water partition coefficient (Wildman–Crippen LogP) is 2.82. The molecule has 0 spiro atoms. The molecule has 5 nitrogen and oxygen atoms in total. The molecule has 0 bridgehead atoms. The van der Waals surface area contributed by atoms with Crippen LogP contribution in [0, 0.1) is 0 Å². The number of benzene rings is 2. The highest BCUT2D eigenvalue weighted by Crippen LogP contribution is 2.23. The Bertz CT molecular complexity index is 834. The third-order valence-electron chi connectivity index (χ3n) is 3.94. The maximum Gasteiger partial charge on any atom is 0.251 e. The number of sulfonamides is 1. The molecule has 0 fully saturated rings. The zero-order valence-corrected chi connectivity index (χ0v) is 15.8. The molecule has 1 amide bonds. The van der Waals surface area contributed by atoms with E-state index in [-0.39, 0.29) is 22.8 Å². The highest BCUT2D eigenvalue weighted by Gasteiger charge is 2.17. The Morgan fingerprint density at radius 2 is 1.52 bits per heavy atom. The van der Waals surface area contributed by atoms with Gasteiger partial charge < -0.3 is 5.32 Å². The minimum atomic E-state index is -3.58. The fraction of sp³-hybridized carbons (Fsp3) is 0.316. The van der Waals surface area contributed by atoms with Gasteiger partial charge in [-0.25, -0.2) is 13.1 Å². The summed E-state index contributed by atoms with van der Waals surface area (Å²) >= 11 is 0. The van der Waals surface area contributed by atoms with Crippen molar-refractivity contribution in [1.82, 2.24) is 10.0 Å². The van der Waals surface area contributed by atoms with Crippen LogP contribution in [-0.4, -0.2) is 21.4 Å². The van der Waals surface area contributed by atoms with Crippen LogP contribution in [0.1, 0.15) is 42.3 Å². The van der Waals surface area contributed by atoms with Crippen LogP contribution < -0.4 is 10.0 Å². The molecule has 0 saturated carbocycles. The Kier molecular flexibility index (Phi) is 5.65. The molecule has 6 heteroatoms. The zero-order valence-electron chi connectivity index (χ0n) is 15.0. The first-order chi connectivity index (χ1) is 11.6. The van der Waals surface area contributed by atoms with Gasteiger partial charge in [-0.1, -0.05) is 45.0 Å². The maximum absolute atomic E-state index is 12.4. The summed E-state index contributed by atoms with van der Waals surface area (Å²) in [4.78, 5) is 11.7. The first-order valence-corrected chi connectivity index (χ1v) is 9.53. The first kappa shape index (κ1) is 19.1. The normalized spacial score (nSPS) is 12.0. The summed E-state index contributed by atoms with van der Waals surface area (Å²) in [6.45, 7) is 6.41. The molecule has 0 heterocycles.